The molecule has 1 aromatic rings. The lowest BCUT2D eigenvalue weighted by Gasteiger charge is -2.20. The minimum absolute atomic E-state index is 0.0429. The maximum atomic E-state index is 12.0. The number of hydrogen-bond acceptors (Lipinski definition) is 4. The summed E-state index contributed by atoms with van der Waals surface area (Å²) in [5.41, 5.74) is 0.874. The van der Waals surface area contributed by atoms with Crippen molar-refractivity contribution in [3.8, 4) is 0 Å². The lowest BCUT2D eigenvalue weighted by Crippen LogP contribution is -2.40. The molecule has 1 heterocycles. The van der Waals surface area contributed by atoms with Crippen molar-refractivity contribution in [1.29, 1.82) is 0 Å². The van der Waals surface area contributed by atoms with Crippen LogP contribution in [0.1, 0.15) is 30.0 Å². The minimum atomic E-state index is -0.752. The van der Waals surface area contributed by atoms with Crippen molar-refractivity contribution in [2.75, 3.05) is 13.6 Å². The molecule has 0 aliphatic heterocycles. The van der Waals surface area contributed by atoms with Gasteiger partial charge in [0.1, 0.15) is 0 Å². The first-order chi connectivity index (χ1) is 9.97. The summed E-state index contributed by atoms with van der Waals surface area (Å²) in [4.78, 5) is 29.0. The van der Waals surface area contributed by atoms with E-state index in [9.17, 15) is 9.59 Å². The molecule has 116 valence electrons. The maximum Gasteiger partial charge on any atom is 0.317 e. The van der Waals surface area contributed by atoms with Crippen molar-refractivity contribution in [1.82, 2.24) is 15.2 Å². The normalized spacial score (nSPS) is 21.2. The Morgan fingerprint density at radius 3 is 2.90 bits per heavy atom. The number of thiazole rings is 1. The molecule has 1 aliphatic rings. The maximum absolute atomic E-state index is 12.0. The van der Waals surface area contributed by atoms with E-state index in [0.29, 0.717) is 19.5 Å². The van der Waals surface area contributed by atoms with Gasteiger partial charge in [-0.3, -0.25) is 4.79 Å². The molecule has 0 radical (unpaired) electrons. The smallest absolute Gasteiger partial charge is 0.317 e. The van der Waals surface area contributed by atoms with Crippen molar-refractivity contribution >= 4 is 23.3 Å². The van der Waals surface area contributed by atoms with Gasteiger partial charge in [-0.15, -0.1) is 11.3 Å². The van der Waals surface area contributed by atoms with Gasteiger partial charge in [0.05, 0.1) is 23.2 Å². The highest BCUT2D eigenvalue weighted by Crippen LogP contribution is 2.31. The van der Waals surface area contributed by atoms with E-state index in [1.165, 1.54) is 0 Å². The molecule has 2 amide bonds. The van der Waals surface area contributed by atoms with Crippen LogP contribution < -0.4 is 5.32 Å². The van der Waals surface area contributed by atoms with Crippen LogP contribution in [-0.2, 0) is 11.3 Å². The molecule has 6 nitrogen and oxygen atoms in total. The highest BCUT2D eigenvalue weighted by atomic mass is 32.1. The number of aryl methyl sites for hydroxylation is 1. The van der Waals surface area contributed by atoms with Gasteiger partial charge < -0.3 is 15.3 Å². The molecule has 21 heavy (non-hydrogen) atoms. The molecule has 7 heteroatoms. The van der Waals surface area contributed by atoms with E-state index in [4.69, 9.17) is 5.11 Å². The quantitative estimate of drug-likeness (QED) is 0.872. The summed E-state index contributed by atoms with van der Waals surface area (Å²) in [5, 5.41) is 14.9. The first-order valence-electron chi connectivity index (χ1n) is 7.10. The molecule has 0 aromatic carbocycles. The van der Waals surface area contributed by atoms with E-state index in [1.807, 2.05) is 12.3 Å². The molecule has 1 fully saturated rings. The van der Waals surface area contributed by atoms with Gasteiger partial charge in [-0.25, -0.2) is 9.78 Å². The Morgan fingerprint density at radius 2 is 2.29 bits per heavy atom. The first kappa shape index (κ1) is 15.8. The molecular weight excluding hydrogens is 290 g/mol. The van der Waals surface area contributed by atoms with Crippen molar-refractivity contribution in [2.24, 2.45) is 11.8 Å². The summed E-state index contributed by atoms with van der Waals surface area (Å²) in [5.74, 6) is -1.03. The predicted molar refractivity (Wildman–Crippen MR) is 80.2 cm³/mol. The summed E-state index contributed by atoms with van der Waals surface area (Å²) in [7, 11) is 1.72. The molecule has 2 unspecified atom stereocenters. The Hall–Kier alpha value is -1.63. The molecule has 1 aliphatic carbocycles. The fraction of sp³-hybridized carbons (Fsp3) is 0.643. The molecule has 2 N–H and O–H groups in total. The standard InChI is InChI=1S/C14H21N3O3S/c1-9-16-11(8-21-9)7-17(2)14(20)15-6-10-4-3-5-12(10)13(18)19/h8,10,12H,3-7H2,1-2H3,(H,15,20)(H,18,19). The summed E-state index contributed by atoms with van der Waals surface area (Å²) in [6, 6.07) is -0.184. The highest BCUT2D eigenvalue weighted by Gasteiger charge is 2.33. The fourth-order valence-corrected chi connectivity index (χ4v) is 3.36. The third kappa shape index (κ3) is 4.17. The molecular formula is C14H21N3O3S. The number of aliphatic carboxylic acids is 1. The first-order valence-corrected chi connectivity index (χ1v) is 7.98. The van der Waals surface area contributed by atoms with Crippen LogP contribution in [0.25, 0.3) is 0 Å². The number of aromatic nitrogens is 1. The van der Waals surface area contributed by atoms with Gasteiger partial charge in [-0.05, 0) is 25.7 Å². The van der Waals surface area contributed by atoms with E-state index in [0.717, 1.165) is 23.5 Å². The summed E-state index contributed by atoms with van der Waals surface area (Å²) >= 11 is 1.56. The Bertz CT molecular complexity index is 517. The number of carbonyl (C=O) groups is 2. The zero-order chi connectivity index (χ0) is 15.4. The molecule has 1 aromatic heterocycles. The van der Waals surface area contributed by atoms with E-state index >= 15 is 0 Å². The Balaban J connectivity index is 1.79. The molecule has 2 atom stereocenters. The Labute approximate surface area is 128 Å². The summed E-state index contributed by atoms with van der Waals surface area (Å²) < 4.78 is 0. The van der Waals surface area contributed by atoms with Crippen LogP contribution in [0.3, 0.4) is 0 Å². The lowest BCUT2D eigenvalue weighted by molar-refractivity contribution is -0.142. The van der Waals surface area contributed by atoms with Gasteiger partial charge in [-0.1, -0.05) is 6.42 Å². The number of hydrogen-bond donors (Lipinski definition) is 2. The monoisotopic (exact) mass is 311 g/mol. The summed E-state index contributed by atoms with van der Waals surface area (Å²) in [6.07, 6.45) is 2.50. The topological polar surface area (TPSA) is 82.5 Å². The van der Waals surface area contributed by atoms with Crippen molar-refractivity contribution in [3.05, 3.63) is 16.1 Å². The molecule has 0 saturated heterocycles. The van der Waals surface area contributed by atoms with Crippen LogP contribution >= 0.6 is 11.3 Å². The molecule has 0 spiro atoms. The van der Waals surface area contributed by atoms with Gasteiger partial charge in [0.15, 0.2) is 0 Å². The number of nitrogens with zero attached hydrogens (tertiary/aromatic N) is 2. The lowest BCUT2D eigenvalue weighted by atomic mass is 9.96. The average Bonchev–Trinajstić information content (AvgIpc) is 3.04. The third-order valence-electron chi connectivity index (χ3n) is 3.90. The third-order valence-corrected chi connectivity index (χ3v) is 4.73. The van der Waals surface area contributed by atoms with E-state index in [1.54, 1.807) is 23.3 Å². The molecule has 0 bridgehead atoms. The second-order valence-electron chi connectivity index (χ2n) is 5.54. The largest absolute Gasteiger partial charge is 0.481 e. The Morgan fingerprint density at radius 1 is 1.52 bits per heavy atom. The number of carboxylic acids is 1. The van der Waals surface area contributed by atoms with Gasteiger partial charge in [0.2, 0.25) is 0 Å². The molecule has 1 saturated carbocycles. The van der Waals surface area contributed by atoms with Crippen LogP contribution in [0.4, 0.5) is 4.79 Å². The zero-order valence-electron chi connectivity index (χ0n) is 12.3. The van der Waals surface area contributed by atoms with Gasteiger partial charge in [0, 0.05) is 19.0 Å². The second kappa shape index (κ2) is 6.89. The number of nitrogens with one attached hydrogen (secondary N) is 1. The number of rotatable bonds is 5. The van der Waals surface area contributed by atoms with Gasteiger partial charge >= 0.3 is 12.0 Å². The van der Waals surface area contributed by atoms with Crippen LogP contribution in [-0.4, -0.2) is 40.6 Å². The Kier molecular flexibility index (Phi) is 5.17. The van der Waals surface area contributed by atoms with Crippen molar-refractivity contribution < 1.29 is 14.7 Å². The fourth-order valence-electron chi connectivity index (χ4n) is 2.76. The number of urea groups is 1. The highest BCUT2D eigenvalue weighted by molar-refractivity contribution is 7.09. The second-order valence-corrected chi connectivity index (χ2v) is 6.60. The van der Waals surface area contributed by atoms with E-state index < -0.39 is 5.97 Å². The van der Waals surface area contributed by atoms with Crippen LogP contribution in [0.2, 0.25) is 0 Å². The van der Waals surface area contributed by atoms with Crippen LogP contribution in [0, 0.1) is 18.8 Å². The van der Waals surface area contributed by atoms with Crippen LogP contribution in [0.5, 0.6) is 0 Å². The summed E-state index contributed by atoms with van der Waals surface area (Å²) in [6.45, 7) is 2.82. The number of amides is 2. The van der Waals surface area contributed by atoms with Gasteiger partial charge in [-0.2, -0.15) is 0 Å². The zero-order valence-corrected chi connectivity index (χ0v) is 13.2. The molecule has 2 rings (SSSR count). The predicted octanol–water partition coefficient (Wildman–Crippen LogP) is 2.09. The van der Waals surface area contributed by atoms with E-state index in [-0.39, 0.29) is 17.9 Å². The van der Waals surface area contributed by atoms with E-state index in [2.05, 4.69) is 10.3 Å². The van der Waals surface area contributed by atoms with Crippen molar-refractivity contribution in [3.63, 3.8) is 0 Å². The van der Waals surface area contributed by atoms with Crippen LogP contribution in [0.15, 0.2) is 5.38 Å². The number of carbonyl (C=O) groups excluding carboxylic acids is 1. The number of carboxylic acid groups (broad SMARTS) is 1. The van der Waals surface area contributed by atoms with Gasteiger partial charge in [0.25, 0.3) is 0 Å². The average molecular weight is 311 g/mol. The van der Waals surface area contributed by atoms with Crippen molar-refractivity contribution in [2.45, 2.75) is 32.7 Å². The minimum Gasteiger partial charge on any atom is -0.481 e. The SMILES string of the molecule is Cc1nc(CN(C)C(=O)NCC2CCCC2C(=O)O)cs1.